The van der Waals surface area contributed by atoms with Crippen LogP contribution in [-0.4, -0.2) is 71.5 Å². The lowest BCUT2D eigenvalue weighted by atomic mass is 9.90. The van der Waals surface area contributed by atoms with Crippen molar-refractivity contribution in [3.8, 4) is 0 Å². The van der Waals surface area contributed by atoms with E-state index in [9.17, 15) is 5.11 Å². The van der Waals surface area contributed by atoms with Gasteiger partial charge in [-0.1, -0.05) is 0 Å². The number of hydrogen-bond acceptors (Lipinski definition) is 6. The third-order valence-electron chi connectivity index (χ3n) is 5.76. The van der Waals surface area contributed by atoms with Crippen molar-refractivity contribution in [2.24, 2.45) is 0 Å². The smallest absolute Gasteiger partial charge is 0.132 e. The summed E-state index contributed by atoms with van der Waals surface area (Å²) in [4.78, 5) is 13.6. The molecule has 1 aromatic heterocycles. The fraction of sp³-hybridized carbons (Fsp3) is 0.778. The standard InChI is InChI=1S/C18H28N4O2/c23-18(13-21-6-1-2-7-21)4-8-22(9-5-18)17-11-16(19-14-20-17)15-3-10-24-12-15/h11,14-15,23H,1-10,12-13H2/t15-/m1/s1. The van der Waals surface area contributed by atoms with Crippen molar-refractivity contribution < 1.29 is 9.84 Å². The van der Waals surface area contributed by atoms with Gasteiger partial charge in [0.2, 0.25) is 0 Å². The number of anilines is 1. The van der Waals surface area contributed by atoms with Crippen LogP contribution in [0, 0.1) is 0 Å². The first kappa shape index (κ1) is 16.2. The molecule has 0 radical (unpaired) electrons. The van der Waals surface area contributed by atoms with Gasteiger partial charge in [-0.25, -0.2) is 9.97 Å². The molecule has 0 aromatic carbocycles. The molecule has 0 saturated carbocycles. The molecule has 132 valence electrons. The van der Waals surface area contributed by atoms with Crippen molar-refractivity contribution in [1.29, 1.82) is 0 Å². The largest absolute Gasteiger partial charge is 0.388 e. The molecule has 24 heavy (non-hydrogen) atoms. The van der Waals surface area contributed by atoms with Gasteiger partial charge in [0, 0.05) is 38.2 Å². The number of ether oxygens (including phenoxy) is 1. The number of piperidine rings is 1. The van der Waals surface area contributed by atoms with Crippen molar-refractivity contribution in [1.82, 2.24) is 14.9 Å². The Morgan fingerprint density at radius 2 is 1.96 bits per heavy atom. The Kier molecular flexibility index (Phi) is 4.70. The minimum atomic E-state index is -0.532. The fourth-order valence-corrected chi connectivity index (χ4v) is 4.19. The van der Waals surface area contributed by atoms with Crippen LogP contribution in [0.4, 0.5) is 5.82 Å². The van der Waals surface area contributed by atoms with Crippen LogP contribution in [0.5, 0.6) is 0 Å². The van der Waals surface area contributed by atoms with Gasteiger partial charge in [-0.2, -0.15) is 0 Å². The summed E-state index contributed by atoms with van der Waals surface area (Å²) in [6.45, 7) is 6.44. The zero-order valence-corrected chi connectivity index (χ0v) is 14.4. The van der Waals surface area contributed by atoms with E-state index in [-0.39, 0.29) is 0 Å². The molecule has 3 saturated heterocycles. The molecule has 0 spiro atoms. The summed E-state index contributed by atoms with van der Waals surface area (Å²) in [5, 5.41) is 10.9. The highest BCUT2D eigenvalue weighted by atomic mass is 16.5. The van der Waals surface area contributed by atoms with E-state index in [1.807, 2.05) is 0 Å². The molecule has 3 aliphatic heterocycles. The molecule has 1 aromatic rings. The van der Waals surface area contributed by atoms with Gasteiger partial charge in [-0.15, -0.1) is 0 Å². The highest BCUT2D eigenvalue weighted by molar-refractivity contribution is 5.40. The van der Waals surface area contributed by atoms with Crippen LogP contribution in [0.1, 0.15) is 43.7 Å². The first-order valence-electron chi connectivity index (χ1n) is 9.31. The van der Waals surface area contributed by atoms with Crippen molar-refractivity contribution in [2.45, 2.75) is 43.6 Å². The maximum Gasteiger partial charge on any atom is 0.132 e. The molecule has 0 unspecified atom stereocenters. The third-order valence-corrected chi connectivity index (χ3v) is 5.76. The molecular formula is C18H28N4O2. The molecule has 3 fully saturated rings. The molecule has 4 heterocycles. The Morgan fingerprint density at radius 3 is 2.67 bits per heavy atom. The molecule has 0 amide bonds. The van der Waals surface area contributed by atoms with Gasteiger partial charge < -0.3 is 19.6 Å². The summed E-state index contributed by atoms with van der Waals surface area (Å²) in [5.41, 5.74) is 0.561. The van der Waals surface area contributed by atoms with Gasteiger partial charge in [0.05, 0.1) is 17.9 Å². The van der Waals surface area contributed by atoms with Gasteiger partial charge >= 0.3 is 0 Å². The molecule has 0 aliphatic carbocycles. The van der Waals surface area contributed by atoms with Crippen LogP contribution in [-0.2, 0) is 4.74 Å². The Balaban J connectivity index is 1.37. The maximum absolute atomic E-state index is 10.9. The van der Waals surface area contributed by atoms with Gasteiger partial charge in [0.25, 0.3) is 0 Å². The van der Waals surface area contributed by atoms with Gasteiger partial charge in [-0.05, 0) is 45.2 Å². The van der Waals surface area contributed by atoms with E-state index in [2.05, 4.69) is 25.8 Å². The predicted octanol–water partition coefficient (Wildman–Crippen LogP) is 1.41. The van der Waals surface area contributed by atoms with Gasteiger partial charge in [0.1, 0.15) is 12.1 Å². The van der Waals surface area contributed by atoms with Crippen LogP contribution < -0.4 is 4.90 Å². The molecule has 1 N–H and O–H groups in total. The summed E-state index contributed by atoms with van der Waals surface area (Å²) in [5.74, 6) is 1.40. The van der Waals surface area contributed by atoms with Crippen LogP contribution >= 0.6 is 0 Å². The molecule has 4 rings (SSSR count). The van der Waals surface area contributed by atoms with Gasteiger partial charge in [0.15, 0.2) is 0 Å². The SMILES string of the molecule is OC1(CN2CCCC2)CCN(c2cc([C@@H]3CCOC3)ncn2)CC1. The lowest BCUT2D eigenvalue weighted by Gasteiger charge is -2.40. The number of nitrogens with zero attached hydrogens (tertiary/aromatic N) is 4. The second kappa shape index (κ2) is 6.94. The van der Waals surface area contributed by atoms with Crippen LogP contribution in [0.25, 0.3) is 0 Å². The molecule has 1 atom stereocenters. The maximum atomic E-state index is 10.9. The Bertz CT molecular complexity index is 548. The Morgan fingerprint density at radius 1 is 1.17 bits per heavy atom. The van der Waals surface area contributed by atoms with E-state index < -0.39 is 5.60 Å². The average molecular weight is 332 g/mol. The topological polar surface area (TPSA) is 61.7 Å². The zero-order valence-electron chi connectivity index (χ0n) is 14.4. The number of likely N-dealkylation sites (tertiary alicyclic amines) is 1. The molecule has 6 heteroatoms. The average Bonchev–Trinajstić information content (AvgIpc) is 3.29. The minimum Gasteiger partial charge on any atom is -0.388 e. The summed E-state index contributed by atoms with van der Waals surface area (Å²) < 4.78 is 5.48. The normalized spacial score (nSPS) is 27.7. The van der Waals surface area contributed by atoms with Crippen molar-refractivity contribution in [3.63, 3.8) is 0 Å². The first-order valence-corrected chi connectivity index (χ1v) is 9.31. The van der Waals surface area contributed by atoms with Crippen LogP contribution in [0.2, 0.25) is 0 Å². The highest BCUT2D eigenvalue weighted by Crippen LogP contribution is 2.29. The van der Waals surface area contributed by atoms with Gasteiger partial charge in [-0.3, -0.25) is 0 Å². The predicted molar refractivity (Wildman–Crippen MR) is 92.3 cm³/mol. The van der Waals surface area contributed by atoms with Crippen molar-refractivity contribution >= 4 is 5.82 Å². The first-order chi connectivity index (χ1) is 11.7. The Hall–Kier alpha value is -1.24. The third kappa shape index (κ3) is 3.55. The highest BCUT2D eigenvalue weighted by Gasteiger charge is 2.35. The van der Waals surface area contributed by atoms with E-state index in [1.54, 1.807) is 6.33 Å². The van der Waals surface area contributed by atoms with Crippen LogP contribution in [0.15, 0.2) is 12.4 Å². The second-order valence-electron chi connectivity index (χ2n) is 7.56. The number of β-amino-alcohol motifs (C(OH)–C–C–N with tert-alkyl or cyclic N) is 1. The number of aliphatic hydroxyl groups is 1. The summed E-state index contributed by atoms with van der Waals surface area (Å²) in [6, 6.07) is 2.12. The lowest BCUT2D eigenvalue weighted by Crippen LogP contribution is -2.50. The van der Waals surface area contributed by atoms with E-state index >= 15 is 0 Å². The molecule has 3 aliphatic rings. The number of rotatable bonds is 4. The summed E-state index contributed by atoms with van der Waals surface area (Å²) >= 11 is 0. The van der Waals surface area contributed by atoms with E-state index in [0.29, 0.717) is 5.92 Å². The quantitative estimate of drug-likeness (QED) is 0.899. The second-order valence-corrected chi connectivity index (χ2v) is 7.56. The van der Waals surface area contributed by atoms with Crippen molar-refractivity contribution in [2.75, 3.05) is 50.8 Å². The van der Waals surface area contributed by atoms with Crippen molar-refractivity contribution in [3.05, 3.63) is 18.1 Å². The summed E-state index contributed by atoms with van der Waals surface area (Å²) in [6.07, 6.45) is 6.90. The zero-order chi connectivity index (χ0) is 16.4. The monoisotopic (exact) mass is 332 g/mol. The van der Waals surface area contributed by atoms with E-state index in [0.717, 1.165) is 76.7 Å². The number of aromatic nitrogens is 2. The Labute approximate surface area is 143 Å². The van der Waals surface area contributed by atoms with Crippen LogP contribution in [0.3, 0.4) is 0 Å². The molecule has 6 nitrogen and oxygen atoms in total. The molecular weight excluding hydrogens is 304 g/mol. The van der Waals surface area contributed by atoms with E-state index in [1.165, 1.54) is 12.8 Å². The summed E-state index contributed by atoms with van der Waals surface area (Å²) in [7, 11) is 0. The fourth-order valence-electron chi connectivity index (χ4n) is 4.19. The van der Waals surface area contributed by atoms with E-state index in [4.69, 9.17) is 4.74 Å². The number of hydrogen-bond donors (Lipinski definition) is 1. The molecule has 0 bridgehead atoms. The lowest BCUT2D eigenvalue weighted by molar-refractivity contribution is -0.0111. The minimum absolute atomic E-state index is 0.406.